The quantitative estimate of drug-likeness (QED) is 0.270. The molecular weight excluding hydrogens is 452 g/mol. The van der Waals surface area contributed by atoms with Crippen molar-refractivity contribution in [2.24, 2.45) is 0 Å². The molecule has 170 valence electrons. The van der Waals surface area contributed by atoms with Crippen molar-refractivity contribution in [2.75, 3.05) is 4.90 Å². The molecule has 0 aliphatic heterocycles. The lowest BCUT2D eigenvalue weighted by Crippen LogP contribution is -2.23. The van der Waals surface area contributed by atoms with Crippen LogP contribution in [0.25, 0.3) is 0 Å². The van der Waals surface area contributed by atoms with E-state index in [9.17, 15) is 4.79 Å². The topological polar surface area (TPSA) is 72.1 Å². The van der Waals surface area contributed by atoms with Crippen LogP contribution in [-0.2, 0) is 17.0 Å². The molecule has 0 saturated carbocycles. The van der Waals surface area contributed by atoms with Gasteiger partial charge in [-0.05, 0) is 37.0 Å². The number of carbonyl (C=O) groups excluding carboxylic acids is 1. The lowest BCUT2D eigenvalue weighted by molar-refractivity contribution is -0.115. The summed E-state index contributed by atoms with van der Waals surface area (Å²) in [5, 5.41) is 11.5. The average Bonchev–Trinajstić information content (AvgIpc) is 3.44. The molecule has 1 atom stereocenters. The molecule has 6 nitrogen and oxygen atoms in total. The molecule has 4 aromatic rings. The molecule has 2 heterocycles. The van der Waals surface area contributed by atoms with E-state index in [1.165, 1.54) is 28.7 Å². The Labute approximate surface area is 202 Å². The van der Waals surface area contributed by atoms with Crippen LogP contribution in [-0.4, -0.2) is 21.1 Å². The van der Waals surface area contributed by atoms with Crippen molar-refractivity contribution in [3.05, 3.63) is 82.2 Å². The van der Waals surface area contributed by atoms with Crippen molar-refractivity contribution in [1.29, 1.82) is 0 Å². The fraction of sp³-hybridized carbons (Fsp3) is 0.280. The maximum absolute atomic E-state index is 12.4. The highest BCUT2D eigenvalue weighted by molar-refractivity contribution is 7.98. The number of anilines is 2. The predicted molar refractivity (Wildman–Crippen MR) is 133 cm³/mol. The molecule has 0 bridgehead atoms. The first kappa shape index (κ1) is 23.2. The van der Waals surface area contributed by atoms with Gasteiger partial charge in [0, 0.05) is 24.5 Å². The molecule has 0 saturated heterocycles. The van der Waals surface area contributed by atoms with E-state index in [4.69, 9.17) is 9.40 Å². The molecule has 0 aliphatic carbocycles. The van der Waals surface area contributed by atoms with Gasteiger partial charge >= 0.3 is 0 Å². The molecule has 0 N–H and O–H groups in total. The van der Waals surface area contributed by atoms with E-state index in [2.05, 4.69) is 35.3 Å². The number of amides is 1. The minimum atomic E-state index is -0.0652. The summed E-state index contributed by atoms with van der Waals surface area (Å²) < 4.78 is 5.84. The van der Waals surface area contributed by atoms with Gasteiger partial charge in [0.15, 0.2) is 5.13 Å². The Kier molecular flexibility index (Phi) is 7.25. The van der Waals surface area contributed by atoms with E-state index in [-0.39, 0.29) is 5.91 Å². The molecule has 0 spiro atoms. The molecule has 0 radical (unpaired) electrons. The predicted octanol–water partition coefficient (Wildman–Crippen LogP) is 6.47. The zero-order chi connectivity index (χ0) is 23.4. The molecule has 33 heavy (non-hydrogen) atoms. The number of aryl methyl sites for hydroxylation is 2. The molecule has 1 unspecified atom stereocenters. The average molecular weight is 479 g/mol. The summed E-state index contributed by atoms with van der Waals surface area (Å²) in [4.78, 5) is 18.8. The number of carbonyl (C=O) groups is 1. The molecule has 8 heteroatoms. The van der Waals surface area contributed by atoms with Crippen LogP contribution in [0.3, 0.4) is 0 Å². The number of nitrogens with zero attached hydrogens (tertiary/aromatic N) is 4. The van der Waals surface area contributed by atoms with Crippen molar-refractivity contribution >= 4 is 39.8 Å². The Morgan fingerprint density at radius 1 is 1.15 bits per heavy atom. The van der Waals surface area contributed by atoms with E-state index < -0.39 is 0 Å². The third-order valence-corrected chi connectivity index (χ3v) is 7.01. The van der Waals surface area contributed by atoms with Crippen LogP contribution in [0.4, 0.5) is 10.8 Å². The van der Waals surface area contributed by atoms with Gasteiger partial charge in [-0.2, -0.15) is 0 Å². The van der Waals surface area contributed by atoms with Crippen LogP contribution in [0.2, 0.25) is 0 Å². The monoisotopic (exact) mass is 478 g/mol. The van der Waals surface area contributed by atoms with E-state index in [1.54, 1.807) is 11.8 Å². The number of thioether (sulfide) groups is 1. The minimum Gasteiger partial charge on any atom is -0.416 e. The van der Waals surface area contributed by atoms with Gasteiger partial charge in [-0.3, -0.25) is 9.69 Å². The fourth-order valence-corrected chi connectivity index (χ4v) is 5.26. The zero-order valence-corrected chi connectivity index (χ0v) is 20.7. The summed E-state index contributed by atoms with van der Waals surface area (Å²) in [6.45, 7) is 7.76. The summed E-state index contributed by atoms with van der Waals surface area (Å²) in [6, 6.07) is 16.4. The zero-order valence-electron chi connectivity index (χ0n) is 19.1. The van der Waals surface area contributed by atoms with Crippen LogP contribution in [0.5, 0.6) is 0 Å². The molecule has 4 rings (SSSR count). The smallest absolute Gasteiger partial charge is 0.276 e. The Balaban J connectivity index is 1.40. The maximum atomic E-state index is 12.4. The molecule has 1 amide bonds. The number of thiazole rings is 1. The molecule has 0 fully saturated rings. The molecule has 0 aliphatic rings. The minimum absolute atomic E-state index is 0.0652. The highest BCUT2D eigenvalue weighted by Gasteiger charge is 2.20. The number of rotatable bonds is 8. The number of hydrogen-bond donors (Lipinski definition) is 0. The van der Waals surface area contributed by atoms with E-state index >= 15 is 0 Å². The second-order valence-electron chi connectivity index (χ2n) is 8.03. The van der Waals surface area contributed by atoms with Gasteiger partial charge in [-0.1, -0.05) is 66.7 Å². The van der Waals surface area contributed by atoms with Crippen LogP contribution >= 0.6 is 23.1 Å². The van der Waals surface area contributed by atoms with Gasteiger partial charge in [0.1, 0.15) is 0 Å². The van der Waals surface area contributed by atoms with Crippen molar-refractivity contribution in [3.8, 4) is 0 Å². The Morgan fingerprint density at radius 3 is 2.67 bits per heavy atom. The van der Waals surface area contributed by atoms with Crippen LogP contribution < -0.4 is 4.90 Å². The summed E-state index contributed by atoms with van der Waals surface area (Å²) >= 11 is 2.91. The molecule has 2 aromatic carbocycles. The SMILES string of the molecule is CC(=O)N(c1nc(CSc2nnc(CC(C)c3ccccc3)o2)cs1)c1ccc(C)cc1C. The number of hydrogen-bond acceptors (Lipinski definition) is 7. The van der Waals surface area contributed by atoms with E-state index in [0.29, 0.717) is 34.3 Å². The molecular formula is C25H26N4O2S2. The number of aromatic nitrogens is 3. The summed E-state index contributed by atoms with van der Waals surface area (Å²) in [7, 11) is 0. The summed E-state index contributed by atoms with van der Waals surface area (Å²) in [5.74, 6) is 1.45. The first-order chi connectivity index (χ1) is 15.9. The molecule has 2 aromatic heterocycles. The first-order valence-electron chi connectivity index (χ1n) is 10.7. The van der Waals surface area contributed by atoms with Crippen molar-refractivity contribution in [2.45, 2.75) is 51.0 Å². The second kappa shape index (κ2) is 10.3. The third-order valence-electron chi connectivity index (χ3n) is 5.28. The second-order valence-corrected chi connectivity index (χ2v) is 9.80. The van der Waals surface area contributed by atoms with Gasteiger partial charge < -0.3 is 4.42 Å². The highest BCUT2D eigenvalue weighted by Crippen LogP contribution is 2.33. The van der Waals surface area contributed by atoms with Crippen LogP contribution in [0, 0.1) is 13.8 Å². The maximum Gasteiger partial charge on any atom is 0.276 e. The van der Waals surface area contributed by atoms with E-state index in [0.717, 1.165) is 22.5 Å². The fourth-order valence-electron chi connectivity index (χ4n) is 3.60. The van der Waals surface area contributed by atoms with Crippen LogP contribution in [0.15, 0.2) is 63.6 Å². The van der Waals surface area contributed by atoms with Gasteiger partial charge in [0.2, 0.25) is 11.8 Å². The largest absolute Gasteiger partial charge is 0.416 e. The highest BCUT2D eigenvalue weighted by atomic mass is 32.2. The lowest BCUT2D eigenvalue weighted by Gasteiger charge is -2.20. The Bertz CT molecular complexity index is 1240. The van der Waals surface area contributed by atoms with Gasteiger partial charge in [-0.25, -0.2) is 4.98 Å². The lowest BCUT2D eigenvalue weighted by atomic mass is 9.98. The van der Waals surface area contributed by atoms with Crippen LogP contribution in [0.1, 0.15) is 48.0 Å². The van der Waals surface area contributed by atoms with Gasteiger partial charge in [0.05, 0.1) is 11.4 Å². The number of benzene rings is 2. The Hall–Kier alpha value is -2.97. The van der Waals surface area contributed by atoms with Gasteiger partial charge in [-0.15, -0.1) is 21.5 Å². The van der Waals surface area contributed by atoms with Crippen molar-refractivity contribution in [3.63, 3.8) is 0 Å². The standard InChI is InChI=1S/C25H26N4O2S2/c1-16-10-11-22(18(3)12-16)29(19(4)30)24-26-21(14-32-24)15-33-25-28-27-23(31-25)13-17(2)20-8-6-5-7-9-20/h5-12,14,17H,13,15H2,1-4H3. The summed E-state index contributed by atoms with van der Waals surface area (Å²) in [5.41, 5.74) is 5.18. The summed E-state index contributed by atoms with van der Waals surface area (Å²) in [6.07, 6.45) is 0.696. The normalized spacial score (nSPS) is 12.0. The first-order valence-corrected chi connectivity index (χ1v) is 12.6. The third kappa shape index (κ3) is 5.69. The Morgan fingerprint density at radius 2 is 1.94 bits per heavy atom. The van der Waals surface area contributed by atoms with E-state index in [1.807, 2.05) is 49.6 Å². The van der Waals surface area contributed by atoms with Crippen molar-refractivity contribution in [1.82, 2.24) is 15.2 Å². The van der Waals surface area contributed by atoms with Crippen molar-refractivity contribution < 1.29 is 9.21 Å². The van der Waals surface area contributed by atoms with Gasteiger partial charge in [0.25, 0.3) is 5.22 Å².